The fourth-order valence-electron chi connectivity index (χ4n) is 2.67. The van der Waals surface area contributed by atoms with Crippen molar-refractivity contribution >= 4 is 56.2 Å². The number of amides is 2. The second-order valence-corrected chi connectivity index (χ2v) is 9.97. The predicted octanol–water partition coefficient (Wildman–Crippen LogP) is 3.89. The maximum Gasteiger partial charge on any atom is 0.263 e. The Morgan fingerprint density at radius 3 is 2.34 bits per heavy atom. The molecule has 1 aromatic heterocycles. The Hall–Kier alpha value is -3.08. The fraction of sp³-hybridized carbons (Fsp3) is 0.143. The van der Waals surface area contributed by atoms with Crippen LogP contribution in [0.15, 0.2) is 59.5 Å². The number of anilines is 2. The average Bonchev–Trinajstić information content (AvgIpc) is 3.20. The number of hydrogen-bond acceptors (Lipinski definition) is 6. The monoisotopic (exact) mass is 493 g/mol. The highest BCUT2D eigenvalue weighted by Gasteiger charge is 2.20. The lowest BCUT2D eigenvalue weighted by Crippen LogP contribution is -2.32. The Morgan fingerprint density at radius 1 is 1.03 bits per heavy atom. The topological polar surface area (TPSA) is 114 Å². The van der Waals surface area contributed by atoms with Gasteiger partial charge in [-0.3, -0.25) is 14.3 Å². The Balaban J connectivity index is 1.67. The lowest BCUT2D eigenvalue weighted by atomic mass is 10.3. The van der Waals surface area contributed by atoms with Crippen LogP contribution >= 0.6 is 22.9 Å². The number of carbonyl (C=O) groups excluding carboxylic acids is 2. The first kappa shape index (κ1) is 23.6. The van der Waals surface area contributed by atoms with E-state index in [2.05, 4.69) is 15.4 Å². The molecule has 168 valence electrons. The van der Waals surface area contributed by atoms with Crippen molar-refractivity contribution < 1.29 is 22.7 Å². The summed E-state index contributed by atoms with van der Waals surface area (Å²) in [7, 11) is -2.52. The van der Waals surface area contributed by atoms with Crippen molar-refractivity contribution in [2.45, 2.75) is 11.8 Å². The van der Waals surface area contributed by atoms with Gasteiger partial charge < -0.3 is 15.4 Å². The molecule has 2 amide bonds. The summed E-state index contributed by atoms with van der Waals surface area (Å²) in [5.41, 5.74) is 0.540. The molecule has 11 heteroatoms. The SMILES string of the molecule is COc1ccc(NS(=O)(=O)c2cc(NC(=O)CNC(=O)c3ccc(C)s3)ccc2Cl)cc1. The van der Waals surface area contributed by atoms with Crippen molar-refractivity contribution in [1.29, 1.82) is 0 Å². The molecule has 2 aromatic carbocycles. The molecule has 0 aliphatic rings. The Labute approximate surface area is 194 Å². The third-order valence-corrected chi connectivity index (χ3v) is 7.08. The number of benzene rings is 2. The second kappa shape index (κ2) is 10.0. The number of hydrogen-bond donors (Lipinski definition) is 3. The minimum absolute atomic E-state index is 0.00891. The number of nitrogens with one attached hydrogen (secondary N) is 3. The summed E-state index contributed by atoms with van der Waals surface area (Å²) in [4.78, 5) is 25.6. The van der Waals surface area contributed by atoms with Gasteiger partial charge in [0.1, 0.15) is 10.6 Å². The van der Waals surface area contributed by atoms with Gasteiger partial charge in [0, 0.05) is 16.3 Å². The van der Waals surface area contributed by atoms with E-state index in [-0.39, 0.29) is 28.1 Å². The Morgan fingerprint density at radius 2 is 1.72 bits per heavy atom. The fourth-order valence-corrected chi connectivity index (χ4v) is 5.04. The van der Waals surface area contributed by atoms with Gasteiger partial charge in [0.15, 0.2) is 0 Å². The number of rotatable bonds is 8. The summed E-state index contributed by atoms with van der Waals surface area (Å²) in [6, 6.07) is 13.9. The maximum absolute atomic E-state index is 12.8. The van der Waals surface area contributed by atoms with Gasteiger partial charge in [-0.2, -0.15) is 0 Å². The molecule has 0 aliphatic carbocycles. The third-order valence-electron chi connectivity index (χ3n) is 4.22. The van der Waals surface area contributed by atoms with Crippen molar-refractivity contribution in [2.75, 3.05) is 23.7 Å². The normalized spacial score (nSPS) is 11.0. The molecule has 0 atom stereocenters. The number of methoxy groups -OCH3 is 1. The van der Waals surface area contributed by atoms with E-state index in [1.165, 1.54) is 36.6 Å². The zero-order valence-electron chi connectivity index (χ0n) is 17.1. The maximum atomic E-state index is 12.8. The van der Waals surface area contributed by atoms with Crippen molar-refractivity contribution in [3.63, 3.8) is 0 Å². The number of carbonyl (C=O) groups is 2. The first-order chi connectivity index (χ1) is 15.2. The van der Waals surface area contributed by atoms with Crippen LogP contribution in [0.3, 0.4) is 0 Å². The quantitative estimate of drug-likeness (QED) is 0.440. The van der Waals surface area contributed by atoms with Crippen LogP contribution in [-0.2, 0) is 14.8 Å². The third kappa shape index (κ3) is 6.00. The van der Waals surface area contributed by atoms with E-state index in [1.807, 2.05) is 13.0 Å². The number of thiophene rings is 1. The van der Waals surface area contributed by atoms with Gasteiger partial charge in [0.05, 0.1) is 23.6 Å². The molecular weight excluding hydrogens is 474 g/mol. The van der Waals surface area contributed by atoms with Crippen LogP contribution in [0.2, 0.25) is 5.02 Å². The molecule has 0 bridgehead atoms. The molecule has 0 spiro atoms. The van der Waals surface area contributed by atoms with Gasteiger partial charge in [-0.05, 0) is 61.5 Å². The lowest BCUT2D eigenvalue weighted by molar-refractivity contribution is -0.115. The molecule has 0 fully saturated rings. The van der Waals surface area contributed by atoms with Crippen LogP contribution in [0, 0.1) is 6.92 Å². The lowest BCUT2D eigenvalue weighted by Gasteiger charge is -2.12. The van der Waals surface area contributed by atoms with Crippen molar-refractivity contribution in [1.82, 2.24) is 5.32 Å². The van der Waals surface area contributed by atoms with Gasteiger partial charge in [0.2, 0.25) is 5.91 Å². The van der Waals surface area contributed by atoms with E-state index in [1.54, 1.807) is 30.3 Å². The Bertz CT molecular complexity index is 1240. The summed E-state index contributed by atoms with van der Waals surface area (Å²) in [5, 5.41) is 5.07. The Kier molecular flexibility index (Phi) is 7.39. The predicted molar refractivity (Wildman–Crippen MR) is 125 cm³/mol. The standard InChI is InChI=1S/C21H20ClN3O5S2/c1-13-3-10-18(31-13)21(27)23-12-20(26)24-15-6-9-17(22)19(11-15)32(28,29)25-14-4-7-16(30-2)8-5-14/h3-11,25H,12H2,1-2H3,(H,23,27)(H,24,26). The highest BCUT2D eigenvalue weighted by Crippen LogP contribution is 2.27. The summed E-state index contributed by atoms with van der Waals surface area (Å²) in [6.45, 7) is 1.61. The molecule has 0 aliphatic heterocycles. The first-order valence-corrected chi connectivity index (χ1v) is 12.0. The zero-order valence-corrected chi connectivity index (χ0v) is 19.5. The highest BCUT2D eigenvalue weighted by molar-refractivity contribution is 7.92. The van der Waals surface area contributed by atoms with Crippen molar-refractivity contribution in [3.8, 4) is 5.75 Å². The molecular formula is C21H20ClN3O5S2. The van der Waals surface area contributed by atoms with Gasteiger partial charge in [-0.25, -0.2) is 8.42 Å². The molecule has 0 saturated heterocycles. The van der Waals surface area contributed by atoms with Crippen LogP contribution in [0.5, 0.6) is 5.75 Å². The van der Waals surface area contributed by atoms with Crippen LogP contribution in [-0.4, -0.2) is 33.9 Å². The van der Waals surface area contributed by atoms with Gasteiger partial charge in [-0.1, -0.05) is 11.6 Å². The highest BCUT2D eigenvalue weighted by atomic mass is 35.5. The van der Waals surface area contributed by atoms with Crippen LogP contribution in [0.1, 0.15) is 14.5 Å². The second-order valence-electron chi connectivity index (χ2n) is 6.62. The van der Waals surface area contributed by atoms with E-state index in [4.69, 9.17) is 16.3 Å². The molecule has 0 unspecified atom stereocenters. The molecule has 3 aromatic rings. The summed E-state index contributed by atoms with van der Waals surface area (Å²) in [6.07, 6.45) is 0. The van der Waals surface area contributed by atoms with Crippen molar-refractivity contribution in [2.24, 2.45) is 0 Å². The van der Waals surface area contributed by atoms with Crippen LogP contribution < -0.4 is 20.1 Å². The number of aryl methyl sites for hydroxylation is 1. The molecule has 1 heterocycles. The molecule has 3 rings (SSSR count). The summed E-state index contributed by atoms with van der Waals surface area (Å²) < 4.78 is 33.1. The molecule has 32 heavy (non-hydrogen) atoms. The van der Waals surface area contributed by atoms with E-state index < -0.39 is 15.9 Å². The minimum Gasteiger partial charge on any atom is -0.497 e. The number of halogens is 1. The van der Waals surface area contributed by atoms with E-state index in [9.17, 15) is 18.0 Å². The van der Waals surface area contributed by atoms with Gasteiger partial charge in [0.25, 0.3) is 15.9 Å². The van der Waals surface area contributed by atoms with E-state index in [0.717, 1.165) is 4.88 Å². The minimum atomic E-state index is -4.02. The molecule has 3 N–H and O–H groups in total. The van der Waals surface area contributed by atoms with E-state index >= 15 is 0 Å². The van der Waals surface area contributed by atoms with Crippen LogP contribution in [0.4, 0.5) is 11.4 Å². The first-order valence-electron chi connectivity index (χ1n) is 9.29. The van der Waals surface area contributed by atoms with Crippen molar-refractivity contribution in [3.05, 3.63) is 69.4 Å². The average molecular weight is 494 g/mol. The van der Waals surface area contributed by atoms with Gasteiger partial charge in [-0.15, -0.1) is 11.3 Å². The van der Waals surface area contributed by atoms with Gasteiger partial charge >= 0.3 is 0 Å². The number of ether oxygens (including phenoxy) is 1. The molecule has 0 radical (unpaired) electrons. The summed E-state index contributed by atoms with van der Waals surface area (Å²) in [5.74, 6) is -0.293. The van der Waals surface area contributed by atoms with E-state index in [0.29, 0.717) is 16.3 Å². The van der Waals surface area contributed by atoms with Crippen LogP contribution in [0.25, 0.3) is 0 Å². The molecule has 0 saturated carbocycles. The number of sulfonamides is 1. The largest absolute Gasteiger partial charge is 0.497 e. The smallest absolute Gasteiger partial charge is 0.263 e. The molecule has 8 nitrogen and oxygen atoms in total. The zero-order chi connectivity index (χ0) is 23.3. The summed E-state index contributed by atoms with van der Waals surface area (Å²) >= 11 is 7.42.